The lowest BCUT2D eigenvalue weighted by molar-refractivity contribution is 0.168. The van der Waals surface area contributed by atoms with Gasteiger partial charge in [-0.05, 0) is 30.7 Å². The predicted octanol–water partition coefficient (Wildman–Crippen LogP) is 2.52. The van der Waals surface area contributed by atoms with Crippen molar-refractivity contribution < 1.29 is 4.84 Å². The molecule has 2 aromatic heterocycles. The Morgan fingerprint density at radius 3 is 2.74 bits per heavy atom. The average Bonchev–Trinajstić information content (AvgIpc) is 2.57. The molecule has 3 rings (SSSR count). The summed E-state index contributed by atoms with van der Waals surface area (Å²) in [6.45, 7) is 1.89. The van der Waals surface area contributed by atoms with E-state index in [0.717, 1.165) is 16.0 Å². The molecule has 0 aliphatic rings. The first-order chi connectivity index (χ1) is 11.1. The normalized spacial score (nSPS) is 10.8. The first-order valence-electron chi connectivity index (χ1n) is 6.95. The molecule has 0 aliphatic heterocycles. The van der Waals surface area contributed by atoms with Crippen molar-refractivity contribution in [3.05, 3.63) is 51.7 Å². The second-order valence-corrected chi connectivity index (χ2v) is 5.42. The van der Waals surface area contributed by atoms with E-state index in [0.29, 0.717) is 27.2 Å². The number of anilines is 1. The number of fused-ring (bicyclic) bond motifs is 1. The molecule has 118 valence electrons. The van der Waals surface area contributed by atoms with Crippen molar-refractivity contribution >= 4 is 28.3 Å². The van der Waals surface area contributed by atoms with Crippen LogP contribution in [0.15, 0.2) is 35.5 Å². The highest BCUT2D eigenvalue weighted by atomic mass is 35.5. The summed E-state index contributed by atoms with van der Waals surface area (Å²) in [5, 5.41) is 4.28. The third-order valence-corrected chi connectivity index (χ3v) is 4.14. The highest BCUT2D eigenvalue weighted by molar-refractivity contribution is 6.34. The summed E-state index contributed by atoms with van der Waals surface area (Å²) in [4.78, 5) is 26.1. The third kappa shape index (κ3) is 2.51. The highest BCUT2D eigenvalue weighted by Gasteiger charge is 2.16. The third-order valence-electron chi connectivity index (χ3n) is 3.64. The molecule has 1 N–H and O–H groups in total. The van der Waals surface area contributed by atoms with Gasteiger partial charge in [0.1, 0.15) is 13.4 Å². The van der Waals surface area contributed by atoms with Crippen LogP contribution in [0.3, 0.4) is 0 Å². The van der Waals surface area contributed by atoms with Gasteiger partial charge in [-0.1, -0.05) is 11.6 Å². The summed E-state index contributed by atoms with van der Waals surface area (Å²) in [5.41, 5.74) is 2.90. The molecule has 7 heteroatoms. The van der Waals surface area contributed by atoms with Crippen LogP contribution in [0.25, 0.3) is 22.2 Å². The largest absolute Gasteiger partial charge is 0.412 e. The molecule has 0 saturated carbocycles. The number of nitrogens with zero attached hydrogens (tertiary/aromatic N) is 3. The Kier molecular flexibility index (Phi) is 3.92. The van der Waals surface area contributed by atoms with Gasteiger partial charge in [0, 0.05) is 29.9 Å². The second kappa shape index (κ2) is 5.89. The van der Waals surface area contributed by atoms with E-state index < -0.39 is 0 Å². The zero-order valence-corrected chi connectivity index (χ0v) is 13.7. The number of pyridine rings is 1. The van der Waals surface area contributed by atoms with Crippen LogP contribution < -0.4 is 15.7 Å². The fourth-order valence-electron chi connectivity index (χ4n) is 2.50. The smallest absolute Gasteiger partial charge is 0.293 e. The van der Waals surface area contributed by atoms with Crippen LogP contribution in [0.2, 0.25) is 5.02 Å². The molecule has 2 heterocycles. The van der Waals surface area contributed by atoms with Gasteiger partial charge in [-0.25, -0.2) is 9.97 Å². The number of benzene rings is 1. The van der Waals surface area contributed by atoms with Gasteiger partial charge in [0.15, 0.2) is 5.65 Å². The van der Waals surface area contributed by atoms with Crippen LogP contribution >= 0.6 is 11.6 Å². The zero-order chi connectivity index (χ0) is 16.6. The molecule has 0 atom stereocenters. The number of rotatable bonds is 3. The fourth-order valence-corrected chi connectivity index (χ4v) is 2.71. The van der Waals surface area contributed by atoms with Crippen molar-refractivity contribution in [1.82, 2.24) is 14.7 Å². The molecule has 0 spiro atoms. The Bertz CT molecular complexity index is 953. The number of nitrogens with one attached hydrogen (secondary N) is 1. The molecule has 0 radical (unpaired) electrons. The lowest BCUT2D eigenvalue weighted by Gasteiger charge is -2.13. The lowest BCUT2D eigenvalue weighted by atomic mass is 10.0. The number of aryl methyl sites for hydroxylation is 1. The van der Waals surface area contributed by atoms with E-state index >= 15 is 0 Å². The molecular formula is C16H15ClN4O2. The molecule has 3 aromatic rings. The average molecular weight is 331 g/mol. The van der Waals surface area contributed by atoms with Gasteiger partial charge in [-0.15, -0.1) is 4.73 Å². The predicted molar refractivity (Wildman–Crippen MR) is 91.0 cm³/mol. The zero-order valence-electron chi connectivity index (χ0n) is 12.9. The molecular weight excluding hydrogens is 316 g/mol. The van der Waals surface area contributed by atoms with E-state index in [1.54, 1.807) is 12.3 Å². The van der Waals surface area contributed by atoms with Crippen LogP contribution in [0.5, 0.6) is 0 Å². The summed E-state index contributed by atoms with van der Waals surface area (Å²) in [5.74, 6) is 0. The second-order valence-electron chi connectivity index (χ2n) is 5.05. The van der Waals surface area contributed by atoms with E-state index in [1.165, 1.54) is 13.4 Å². The molecule has 0 bridgehead atoms. The molecule has 23 heavy (non-hydrogen) atoms. The van der Waals surface area contributed by atoms with Crippen molar-refractivity contribution in [3.8, 4) is 11.1 Å². The molecule has 0 saturated heterocycles. The van der Waals surface area contributed by atoms with Crippen LogP contribution in [0, 0.1) is 6.92 Å². The summed E-state index contributed by atoms with van der Waals surface area (Å²) in [7, 11) is 3.23. The number of halogens is 1. The summed E-state index contributed by atoms with van der Waals surface area (Å²) in [6, 6.07) is 5.49. The number of aromatic nitrogens is 3. The van der Waals surface area contributed by atoms with Crippen LogP contribution in [0.1, 0.15) is 5.56 Å². The van der Waals surface area contributed by atoms with Crippen molar-refractivity contribution in [2.45, 2.75) is 6.92 Å². The van der Waals surface area contributed by atoms with Crippen molar-refractivity contribution in [2.24, 2.45) is 0 Å². The quantitative estimate of drug-likeness (QED) is 0.799. The molecule has 0 unspecified atom stereocenters. The highest BCUT2D eigenvalue weighted by Crippen LogP contribution is 2.32. The molecule has 6 nitrogen and oxygen atoms in total. The summed E-state index contributed by atoms with van der Waals surface area (Å²) >= 11 is 6.43. The number of hydrogen-bond acceptors (Lipinski definition) is 5. The molecule has 0 amide bonds. The van der Waals surface area contributed by atoms with Gasteiger partial charge in [0.05, 0.1) is 10.6 Å². The van der Waals surface area contributed by atoms with Gasteiger partial charge in [-0.2, -0.15) is 0 Å². The Hall–Kier alpha value is -2.60. The lowest BCUT2D eigenvalue weighted by Crippen LogP contribution is -2.27. The summed E-state index contributed by atoms with van der Waals surface area (Å²) in [6.07, 6.45) is 3.00. The van der Waals surface area contributed by atoms with E-state index in [4.69, 9.17) is 16.4 Å². The minimum Gasteiger partial charge on any atom is -0.412 e. The maximum atomic E-state index is 12.8. The van der Waals surface area contributed by atoms with E-state index in [1.807, 2.05) is 26.1 Å². The molecule has 1 aromatic carbocycles. The van der Waals surface area contributed by atoms with Gasteiger partial charge in [-0.3, -0.25) is 4.79 Å². The molecule has 0 aliphatic carbocycles. The number of hydrogen-bond donors (Lipinski definition) is 1. The first-order valence-corrected chi connectivity index (χ1v) is 7.33. The Morgan fingerprint density at radius 1 is 1.26 bits per heavy atom. The van der Waals surface area contributed by atoms with E-state index in [2.05, 4.69) is 15.3 Å². The van der Waals surface area contributed by atoms with Crippen LogP contribution in [-0.4, -0.2) is 28.9 Å². The first kappa shape index (κ1) is 15.3. The maximum Gasteiger partial charge on any atom is 0.293 e. The van der Waals surface area contributed by atoms with Crippen molar-refractivity contribution in [2.75, 3.05) is 19.5 Å². The van der Waals surface area contributed by atoms with E-state index in [-0.39, 0.29) is 5.56 Å². The van der Waals surface area contributed by atoms with Gasteiger partial charge in [0.2, 0.25) is 0 Å². The topological polar surface area (TPSA) is 69.0 Å². The molecule has 0 fully saturated rings. The Balaban J connectivity index is 2.40. The SMILES string of the molecule is CNc1cc(C)c(Cl)c(-c2cc3cncnc3n(OC)c2=O)c1. The van der Waals surface area contributed by atoms with Crippen LogP contribution in [0.4, 0.5) is 5.69 Å². The minimum atomic E-state index is -0.326. The van der Waals surface area contributed by atoms with Crippen molar-refractivity contribution in [1.29, 1.82) is 0 Å². The van der Waals surface area contributed by atoms with Gasteiger partial charge >= 0.3 is 0 Å². The Morgan fingerprint density at radius 2 is 2.04 bits per heavy atom. The van der Waals surface area contributed by atoms with E-state index in [9.17, 15) is 4.79 Å². The Labute approximate surface area is 137 Å². The minimum absolute atomic E-state index is 0.326. The fraction of sp³-hybridized carbons (Fsp3) is 0.188. The summed E-state index contributed by atoms with van der Waals surface area (Å²) < 4.78 is 1.14. The maximum absolute atomic E-state index is 12.8. The standard InChI is InChI=1S/C16H15ClN4O2/c1-9-4-11(18-2)6-12(14(9)17)13-5-10-7-19-8-20-15(10)21(23-3)16(13)22/h4-8,18H,1-3H3. The monoisotopic (exact) mass is 330 g/mol. The van der Waals surface area contributed by atoms with Crippen LogP contribution in [-0.2, 0) is 0 Å². The van der Waals surface area contributed by atoms with Crippen molar-refractivity contribution in [3.63, 3.8) is 0 Å². The van der Waals surface area contributed by atoms with Gasteiger partial charge < -0.3 is 10.2 Å². The van der Waals surface area contributed by atoms with Gasteiger partial charge in [0.25, 0.3) is 5.56 Å².